The summed E-state index contributed by atoms with van der Waals surface area (Å²) in [6.07, 6.45) is -0.899. The third-order valence-corrected chi connectivity index (χ3v) is 1.98. The van der Waals surface area contributed by atoms with Gasteiger partial charge >= 0.3 is 0 Å². The van der Waals surface area contributed by atoms with Gasteiger partial charge in [-0.3, -0.25) is 4.21 Å². The van der Waals surface area contributed by atoms with Gasteiger partial charge in [0.25, 0.3) is 0 Å². The maximum Gasteiger partial charge on any atom is 0.194 e. The van der Waals surface area contributed by atoms with E-state index in [4.69, 9.17) is 9.84 Å². The third kappa shape index (κ3) is 3.14. The van der Waals surface area contributed by atoms with Crippen molar-refractivity contribution >= 4 is 11.1 Å². The van der Waals surface area contributed by atoms with Crippen molar-refractivity contribution in [1.29, 1.82) is 0 Å². The van der Waals surface area contributed by atoms with Gasteiger partial charge in [-0.05, 0) is 42.3 Å². The van der Waals surface area contributed by atoms with E-state index < -0.39 is 17.4 Å². The largest absolute Gasteiger partial charge is 0.768 e. The van der Waals surface area contributed by atoms with Crippen LogP contribution in [0.1, 0.15) is 6.92 Å². The molecule has 2 unspecified atom stereocenters. The fourth-order valence-corrected chi connectivity index (χ4v) is 1.18. The van der Waals surface area contributed by atoms with Gasteiger partial charge in [-0.2, -0.15) is 0 Å². The summed E-state index contributed by atoms with van der Waals surface area (Å²) in [5.74, 6) is 0.434. The minimum atomic E-state index is -2.22. The molecule has 1 aromatic carbocycles. The van der Waals surface area contributed by atoms with Crippen LogP contribution in [0, 0.1) is 0 Å². The van der Waals surface area contributed by atoms with E-state index in [1.807, 2.05) is 0 Å². The molecule has 0 amide bonds. The maximum atomic E-state index is 10.4. The molecule has 5 heteroatoms. The molecule has 13 heavy (non-hydrogen) atoms. The molecule has 0 fully saturated rings. The summed E-state index contributed by atoms with van der Waals surface area (Å²) in [7, 11) is 0. The van der Waals surface area contributed by atoms with Gasteiger partial charge in [0, 0.05) is 4.90 Å². The van der Waals surface area contributed by atoms with Crippen LogP contribution in [0.15, 0.2) is 29.2 Å². The van der Waals surface area contributed by atoms with E-state index in [-0.39, 0.29) is 4.90 Å². The summed E-state index contributed by atoms with van der Waals surface area (Å²) in [6.45, 7) is 1.47. The van der Waals surface area contributed by atoms with Crippen molar-refractivity contribution in [2.45, 2.75) is 18.1 Å². The van der Waals surface area contributed by atoms with E-state index >= 15 is 0 Å². The summed E-state index contributed by atoms with van der Waals surface area (Å²) in [6, 6.07) is 5.78. The first kappa shape index (κ1) is 10.2. The fraction of sp³-hybridized carbons (Fsp3) is 0.250. The zero-order valence-corrected chi connectivity index (χ0v) is 7.78. The van der Waals surface area contributed by atoms with Crippen LogP contribution < -0.4 is 4.74 Å². The van der Waals surface area contributed by atoms with Crippen LogP contribution in [0.5, 0.6) is 5.75 Å². The molecular weight excluding hydrogens is 192 g/mol. The number of rotatable bonds is 3. The van der Waals surface area contributed by atoms with Gasteiger partial charge < -0.3 is 14.4 Å². The molecule has 0 aliphatic heterocycles. The van der Waals surface area contributed by atoms with Crippen LogP contribution in [-0.2, 0) is 11.1 Å². The topological polar surface area (TPSA) is 69.6 Å². The summed E-state index contributed by atoms with van der Waals surface area (Å²) >= 11 is -2.22. The third-order valence-electron chi connectivity index (χ3n) is 1.32. The van der Waals surface area contributed by atoms with Crippen molar-refractivity contribution in [1.82, 2.24) is 0 Å². The first-order valence-corrected chi connectivity index (χ1v) is 4.71. The number of hydrogen-bond acceptors (Lipinski definition) is 4. The van der Waals surface area contributed by atoms with Crippen molar-refractivity contribution in [3.05, 3.63) is 24.3 Å². The van der Waals surface area contributed by atoms with E-state index in [9.17, 15) is 8.76 Å². The summed E-state index contributed by atoms with van der Waals surface area (Å²) < 4.78 is 25.8. The molecule has 0 saturated heterocycles. The highest BCUT2D eigenvalue weighted by atomic mass is 32.2. The molecule has 1 N–H and O–H groups in total. The standard InChI is InChI=1S/C8H10O4S/c1-6(9)12-7-2-4-8(5-3-7)13(10)11/h2-6,9H,1H3,(H,10,11)/p-1. The van der Waals surface area contributed by atoms with Gasteiger partial charge in [0.1, 0.15) is 5.75 Å². The second-order valence-corrected chi connectivity index (χ2v) is 3.36. The molecular formula is C8H9O4S-. The Hall–Kier alpha value is -0.910. The highest BCUT2D eigenvalue weighted by molar-refractivity contribution is 7.79. The summed E-state index contributed by atoms with van der Waals surface area (Å²) in [4.78, 5) is 0.193. The summed E-state index contributed by atoms with van der Waals surface area (Å²) in [5.41, 5.74) is 0. The lowest BCUT2D eigenvalue weighted by molar-refractivity contribution is -0.000323. The van der Waals surface area contributed by atoms with Crippen LogP contribution in [0.25, 0.3) is 0 Å². The van der Waals surface area contributed by atoms with E-state index in [1.54, 1.807) is 0 Å². The molecule has 0 bridgehead atoms. The van der Waals surface area contributed by atoms with Gasteiger partial charge in [0.05, 0.1) is 0 Å². The van der Waals surface area contributed by atoms with Crippen molar-refractivity contribution in [3.63, 3.8) is 0 Å². The Morgan fingerprint density at radius 1 is 1.46 bits per heavy atom. The predicted octanol–water partition coefficient (Wildman–Crippen LogP) is 0.642. The van der Waals surface area contributed by atoms with Crippen LogP contribution in [0.3, 0.4) is 0 Å². The maximum absolute atomic E-state index is 10.4. The molecule has 4 nitrogen and oxygen atoms in total. The molecule has 0 spiro atoms. The van der Waals surface area contributed by atoms with Crippen molar-refractivity contribution in [3.8, 4) is 5.75 Å². The van der Waals surface area contributed by atoms with Gasteiger partial charge in [-0.1, -0.05) is 0 Å². The summed E-state index contributed by atoms with van der Waals surface area (Å²) in [5, 5.41) is 8.84. The molecule has 0 saturated carbocycles. The molecule has 0 heterocycles. The minimum Gasteiger partial charge on any atom is -0.768 e. The van der Waals surface area contributed by atoms with Crippen molar-refractivity contribution < 1.29 is 18.6 Å². The van der Waals surface area contributed by atoms with Gasteiger partial charge in [-0.15, -0.1) is 0 Å². The van der Waals surface area contributed by atoms with E-state index in [0.717, 1.165) is 0 Å². The Morgan fingerprint density at radius 2 is 2.00 bits per heavy atom. The van der Waals surface area contributed by atoms with E-state index in [0.29, 0.717) is 5.75 Å². The Balaban J connectivity index is 2.75. The van der Waals surface area contributed by atoms with E-state index in [2.05, 4.69) is 0 Å². The van der Waals surface area contributed by atoms with Crippen LogP contribution in [0.2, 0.25) is 0 Å². The van der Waals surface area contributed by atoms with Crippen LogP contribution >= 0.6 is 0 Å². The number of ether oxygens (including phenoxy) is 1. The number of benzene rings is 1. The first-order valence-electron chi connectivity index (χ1n) is 3.63. The lowest BCUT2D eigenvalue weighted by Crippen LogP contribution is -2.09. The first-order chi connectivity index (χ1) is 6.09. The molecule has 1 rings (SSSR count). The van der Waals surface area contributed by atoms with Crippen LogP contribution in [0.4, 0.5) is 0 Å². The Bertz CT molecular complexity index is 294. The zero-order valence-electron chi connectivity index (χ0n) is 6.97. The molecule has 2 atom stereocenters. The highest BCUT2D eigenvalue weighted by Crippen LogP contribution is 2.14. The Kier molecular flexibility index (Phi) is 3.41. The van der Waals surface area contributed by atoms with Gasteiger partial charge in [0.15, 0.2) is 6.29 Å². The Morgan fingerprint density at radius 3 is 2.38 bits per heavy atom. The van der Waals surface area contributed by atoms with Gasteiger partial charge in [0.2, 0.25) is 0 Å². The van der Waals surface area contributed by atoms with Crippen molar-refractivity contribution in [2.24, 2.45) is 0 Å². The molecule has 1 aromatic rings. The molecule has 72 valence electrons. The second kappa shape index (κ2) is 4.36. The monoisotopic (exact) mass is 201 g/mol. The lowest BCUT2D eigenvalue weighted by atomic mass is 10.3. The molecule has 0 aliphatic rings. The molecule has 0 aliphatic carbocycles. The normalized spacial score (nSPS) is 15.0. The zero-order chi connectivity index (χ0) is 9.84. The Labute approximate surface area is 78.4 Å². The molecule has 0 radical (unpaired) electrons. The predicted molar refractivity (Wildman–Crippen MR) is 45.9 cm³/mol. The quantitative estimate of drug-likeness (QED) is 0.575. The van der Waals surface area contributed by atoms with Gasteiger partial charge in [-0.25, -0.2) is 0 Å². The second-order valence-electron chi connectivity index (χ2n) is 2.42. The van der Waals surface area contributed by atoms with Crippen LogP contribution in [-0.4, -0.2) is 20.2 Å². The fourth-order valence-electron chi connectivity index (χ4n) is 0.826. The molecule has 0 aromatic heterocycles. The lowest BCUT2D eigenvalue weighted by Gasteiger charge is -2.09. The average Bonchev–Trinajstić information content (AvgIpc) is 2.04. The number of aliphatic hydroxyl groups excluding tert-OH is 1. The SMILES string of the molecule is CC(O)Oc1ccc(S(=O)[O-])cc1. The smallest absolute Gasteiger partial charge is 0.194 e. The highest BCUT2D eigenvalue weighted by Gasteiger charge is 1.98. The van der Waals surface area contributed by atoms with Crippen molar-refractivity contribution in [2.75, 3.05) is 0 Å². The number of aliphatic hydroxyl groups is 1. The number of hydrogen-bond donors (Lipinski definition) is 1. The van der Waals surface area contributed by atoms with E-state index in [1.165, 1.54) is 31.2 Å². The average molecular weight is 201 g/mol. The minimum absolute atomic E-state index is 0.193.